The van der Waals surface area contributed by atoms with Gasteiger partial charge in [0.15, 0.2) is 0 Å². The van der Waals surface area contributed by atoms with Crippen molar-refractivity contribution >= 4 is 21.9 Å². The van der Waals surface area contributed by atoms with E-state index in [0.717, 1.165) is 17.7 Å². The summed E-state index contributed by atoms with van der Waals surface area (Å²) in [7, 11) is -3.92. The Hall–Kier alpha value is -3.33. The minimum absolute atomic E-state index is 0.0219. The van der Waals surface area contributed by atoms with Gasteiger partial charge in [0.1, 0.15) is 17.3 Å². The van der Waals surface area contributed by atoms with Crippen LogP contribution in [0.25, 0.3) is 6.08 Å². The molecule has 0 saturated carbocycles. The van der Waals surface area contributed by atoms with E-state index in [9.17, 15) is 17.6 Å². The van der Waals surface area contributed by atoms with E-state index >= 15 is 0 Å². The van der Waals surface area contributed by atoms with Crippen LogP contribution in [-0.4, -0.2) is 40.0 Å². The topological polar surface area (TPSA) is 85.2 Å². The predicted molar refractivity (Wildman–Crippen MR) is 108 cm³/mol. The summed E-state index contributed by atoms with van der Waals surface area (Å²) >= 11 is 0. The Morgan fingerprint density at radius 2 is 1.80 bits per heavy atom. The summed E-state index contributed by atoms with van der Waals surface area (Å²) in [6, 6.07) is 14.4. The van der Waals surface area contributed by atoms with Crippen LogP contribution in [0.4, 0.5) is 4.39 Å². The minimum atomic E-state index is -3.92. The van der Waals surface area contributed by atoms with Gasteiger partial charge < -0.3 is 0 Å². The van der Waals surface area contributed by atoms with E-state index in [1.165, 1.54) is 16.4 Å². The Kier molecular flexibility index (Phi) is 5.45. The SMILES string of the molecule is O=C1CCN(S(=O)(=O)c2ccc(F)cc2)C(=Cc2cn(Cc3ccccc3)nn2)C1. The predicted octanol–water partition coefficient (Wildman–Crippen LogP) is 2.86. The molecule has 0 aliphatic carbocycles. The molecule has 3 aromatic rings. The fourth-order valence-corrected chi connectivity index (χ4v) is 4.77. The highest BCUT2D eigenvalue weighted by Crippen LogP contribution is 2.28. The zero-order valence-corrected chi connectivity index (χ0v) is 16.8. The van der Waals surface area contributed by atoms with E-state index in [1.807, 2.05) is 30.3 Å². The van der Waals surface area contributed by atoms with Crippen molar-refractivity contribution in [2.45, 2.75) is 24.3 Å². The summed E-state index contributed by atoms with van der Waals surface area (Å²) < 4.78 is 42.2. The number of allylic oxidation sites excluding steroid dienone is 1. The Bertz CT molecular complexity index is 1190. The number of Topliss-reactive ketones (excluding diaryl/α,β-unsaturated/α-hetero) is 1. The number of rotatable bonds is 5. The van der Waals surface area contributed by atoms with Crippen LogP contribution in [0.2, 0.25) is 0 Å². The highest BCUT2D eigenvalue weighted by Gasteiger charge is 2.31. The molecular weight excluding hydrogens is 407 g/mol. The smallest absolute Gasteiger partial charge is 0.264 e. The summed E-state index contributed by atoms with van der Waals surface area (Å²) in [5.74, 6) is -0.572. The lowest BCUT2D eigenvalue weighted by molar-refractivity contribution is -0.119. The molecule has 0 radical (unpaired) electrons. The van der Waals surface area contributed by atoms with Gasteiger partial charge in [-0.15, -0.1) is 5.10 Å². The third-order valence-corrected chi connectivity index (χ3v) is 6.62. The number of hydrogen-bond acceptors (Lipinski definition) is 5. The number of halogens is 1. The first-order valence-electron chi connectivity index (χ1n) is 9.36. The van der Waals surface area contributed by atoms with E-state index < -0.39 is 15.8 Å². The number of sulfonamides is 1. The van der Waals surface area contributed by atoms with Crippen molar-refractivity contribution in [1.29, 1.82) is 0 Å². The van der Waals surface area contributed by atoms with Gasteiger partial charge in [-0.05, 0) is 35.9 Å². The lowest BCUT2D eigenvalue weighted by Gasteiger charge is -2.30. The van der Waals surface area contributed by atoms with Crippen LogP contribution in [0.15, 0.2) is 71.4 Å². The first-order valence-corrected chi connectivity index (χ1v) is 10.8. The molecule has 154 valence electrons. The molecule has 0 amide bonds. The second-order valence-corrected chi connectivity index (χ2v) is 8.82. The summed E-state index contributed by atoms with van der Waals surface area (Å²) in [6.45, 7) is 0.552. The van der Waals surface area contributed by atoms with Crippen LogP contribution in [0, 0.1) is 5.82 Å². The molecule has 4 rings (SSSR count). The molecule has 1 fully saturated rings. The van der Waals surface area contributed by atoms with Crippen molar-refractivity contribution < 1.29 is 17.6 Å². The first kappa shape index (κ1) is 20.0. The van der Waals surface area contributed by atoms with Crippen molar-refractivity contribution in [3.63, 3.8) is 0 Å². The van der Waals surface area contributed by atoms with Gasteiger partial charge in [0.2, 0.25) is 0 Å². The maximum Gasteiger partial charge on any atom is 0.264 e. The van der Waals surface area contributed by atoms with Gasteiger partial charge in [-0.1, -0.05) is 35.5 Å². The third-order valence-electron chi connectivity index (χ3n) is 4.75. The van der Waals surface area contributed by atoms with E-state index in [4.69, 9.17) is 0 Å². The Balaban J connectivity index is 1.62. The summed E-state index contributed by atoms with van der Waals surface area (Å²) in [5.41, 5.74) is 1.83. The zero-order chi connectivity index (χ0) is 21.1. The first-order chi connectivity index (χ1) is 14.4. The van der Waals surface area contributed by atoms with Gasteiger partial charge in [-0.3, -0.25) is 9.10 Å². The highest BCUT2D eigenvalue weighted by atomic mass is 32.2. The molecule has 1 aromatic heterocycles. The Morgan fingerprint density at radius 3 is 2.53 bits per heavy atom. The van der Waals surface area contributed by atoms with Crippen LogP contribution < -0.4 is 0 Å². The maximum absolute atomic E-state index is 13.2. The molecule has 1 aliphatic rings. The van der Waals surface area contributed by atoms with Crippen LogP contribution >= 0.6 is 0 Å². The van der Waals surface area contributed by atoms with E-state index in [1.54, 1.807) is 17.0 Å². The number of carbonyl (C=O) groups excluding carboxylic acids is 1. The number of aromatic nitrogens is 3. The molecule has 7 nitrogen and oxygen atoms in total. The third kappa shape index (κ3) is 4.30. The number of carbonyl (C=O) groups is 1. The molecule has 0 unspecified atom stereocenters. The highest BCUT2D eigenvalue weighted by molar-refractivity contribution is 7.89. The molecule has 30 heavy (non-hydrogen) atoms. The normalized spacial score (nSPS) is 16.2. The van der Waals surface area contributed by atoms with Gasteiger partial charge in [0.05, 0.1) is 17.6 Å². The fourth-order valence-electron chi connectivity index (χ4n) is 3.28. The van der Waals surface area contributed by atoms with Crippen molar-refractivity contribution in [2.75, 3.05) is 6.54 Å². The number of ketones is 1. The summed E-state index contributed by atoms with van der Waals surface area (Å²) in [4.78, 5) is 12.0. The quantitative estimate of drug-likeness (QED) is 0.626. The number of piperidine rings is 1. The van der Waals surface area contributed by atoms with Crippen molar-refractivity contribution in [3.05, 3.63) is 83.6 Å². The van der Waals surface area contributed by atoms with E-state index in [2.05, 4.69) is 10.3 Å². The maximum atomic E-state index is 13.2. The monoisotopic (exact) mass is 426 g/mol. The molecule has 1 saturated heterocycles. The number of nitrogens with zero attached hydrogens (tertiary/aromatic N) is 4. The lowest BCUT2D eigenvalue weighted by Crippen LogP contribution is -2.37. The molecule has 2 heterocycles. The van der Waals surface area contributed by atoms with Crippen molar-refractivity contribution in [1.82, 2.24) is 19.3 Å². The molecule has 0 spiro atoms. The average molecular weight is 426 g/mol. The van der Waals surface area contributed by atoms with Crippen LogP contribution in [-0.2, 0) is 21.4 Å². The molecule has 9 heteroatoms. The van der Waals surface area contributed by atoms with Gasteiger partial charge >= 0.3 is 0 Å². The lowest BCUT2D eigenvalue weighted by atomic mass is 10.1. The Morgan fingerprint density at radius 1 is 1.07 bits per heavy atom. The van der Waals surface area contributed by atoms with Gasteiger partial charge in [-0.2, -0.15) is 0 Å². The standard InChI is InChI=1S/C21H19FN4O3S/c22-17-6-8-21(9-7-17)30(28,29)26-11-10-20(27)13-19(26)12-18-15-25(24-23-18)14-16-4-2-1-3-5-16/h1-9,12,15H,10-11,13-14H2. The van der Waals surface area contributed by atoms with Gasteiger partial charge in [0, 0.05) is 25.1 Å². The van der Waals surface area contributed by atoms with E-state index in [-0.39, 0.29) is 30.1 Å². The second-order valence-electron chi connectivity index (χ2n) is 6.96. The number of hydrogen-bond donors (Lipinski definition) is 0. The average Bonchev–Trinajstić information content (AvgIpc) is 3.15. The van der Waals surface area contributed by atoms with Crippen LogP contribution in [0.3, 0.4) is 0 Å². The van der Waals surface area contributed by atoms with Gasteiger partial charge in [-0.25, -0.2) is 17.5 Å². The summed E-state index contributed by atoms with van der Waals surface area (Å²) in [5, 5.41) is 8.17. The van der Waals surface area contributed by atoms with E-state index in [0.29, 0.717) is 17.9 Å². The molecule has 0 N–H and O–H groups in total. The summed E-state index contributed by atoms with van der Waals surface area (Å²) in [6.07, 6.45) is 3.36. The molecule has 2 aromatic carbocycles. The van der Waals surface area contributed by atoms with Crippen LogP contribution in [0.5, 0.6) is 0 Å². The molecular formula is C21H19FN4O3S. The van der Waals surface area contributed by atoms with Crippen molar-refractivity contribution in [3.8, 4) is 0 Å². The number of benzene rings is 2. The molecule has 1 aliphatic heterocycles. The fraction of sp³-hybridized carbons (Fsp3) is 0.190. The Labute approximate surface area is 173 Å². The van der Waals surface area contributed by atoms with Crippen molar-refractivity contribution in [2.24, 2.45) is 0 Å². The molecule has 0 bridgehead atoms. The minimum Gasteiger partial charge on any atom is -0.299 e. The zero-order valence-electron chi connectivity index (χ0n) is 16.0. The molecule has 0 atom stereocenters. The van der Waals surface area contributed by atoms with Crippen LogP contribution in [0.1, 0.15) is 24.1 Å². The second kappa shape index (κ2) is 8.19. The largest absolute Gasteiger partial charge is 0.299 e. The van der Waals surface area contributed by atoms with Gasteiger partial charge in [0.25, 0.3) is 10.0 Å².